The molecule has 0 saturated heterocycles. The van der Waals surface area contributed by atoms with E-state index in [1.54, 1.807) is 18.2 Å². The fraction of sp³-hybridized carbons (Fsp3) is 0.385. The number of methoxy groups -OCH3 is 2. The maximum absolute atomic E-state index is 11.7. The number of hydrogen-bond acceptors (Lipinski definition) is 5. The molecule has 1 aromatic rings. The first kappa shape index (κ1) is 15.9. The van der Waals surface area contributed by atoms with Crippen LogP contribution in [0.15, 0.2) is 18.2 Å². The van der Waals surface area contributed by atoms with Gasteiger partial charge in [-0.2, -0.15) is 0 Å². The molecule has 1 aromatic carbocycles. The van der Waals surface area contributed by atoms with Crippen molar-refractivity contribution in [1.82, 2.24) is 0 Å². The van der Waals surface area contributed by atoms with Crippen molar-refractivity contribution in [3.05, 3.63) is 18.2 Å². The lowest BCUT2D eigenvalue weighted by atomic mass is 10.2. The molecule has 2 amide bonds. The Morgan fingerprint density at radius 3 is 2.55 bits per heavy atom. The number of carbonyl (C=O) groups excluding carboxylic acids is 2. The molecule has 4 N–H and O–H groups in total. The molecule has 7 heteroatoms. The highest BCUT2D eigenvalue weighted by Gasteiger charge is 2.14. The third kappa shape index (κ3) is 4.52. The van der Waals surface area contributed by atoms with Crippen LogP contribution in [0.4, 0.5) is 11.4 Å². The Kier molecular flexibility index (Phi) is 5.95. The quantitative estimate of drug-likeness (QED) is 0.707. The van der Waals surface area contributed by atoms with Crippen LogP contribution in [0.3, 0.4) is 0 Å². The second-order valence-electron chi connectivity index (χ2n) is 4.15. The zero-order valence-corrected chi connectivity index (χ0v) is 11.7. The van der Waals surface area contributed by atoms with E-state index in [-0.39, 0.29) is 18.4 Å². The normalized spacial score (nSPS) is 11.6. The largest absolute Gasteiger partial charge is 0.494 e. The van der Waals surface area contributed by atoms with E-state index >= 15 is 0 Å². The van der Waals surface area contributed by atoms with Crippen molar-refractivity contribution in [1.29, 1.82) is 0 Å². The lowest BCUT2D eigenvalue weighted by Gasteiger charge is -2.14. The first-order valence-corrected chi connectivity index (χ1v) is 5.99. The van der Waals surface area contributed by atoms with Crippen LogP contribution in [0.1, 0.15) is 6.92 Å². The molecule has 0 heterocycles. The first-order chi connectivity index (χ1) is 9.47. The molecule has 0 saturated carbocycles. The van der Waals surface area contributed by atoms with Crippen LogP contribution in [0.5, 0.6) is 5.75 Å². The molecule has 0 fully saturated rings. The Hall–Kier alpha value is -2.12. The molecule has 0 spiro atoms. The molecule has 0 aliphatic carbocycles. The standard InChI is InChI=1S/C13H19N3O4/c1-8(17)15-11-5-4-9(6-12(11)20-3)16-13(18)10(14)7-19-2/h4-6,10H,7,14H2,1-3H3,(H,15,17)(H,16,18). The van der Waals surface area contributed by atoms with Gasteiger partial charge in [-0.15, -0.1) is 0 Å². The Morgan fingerprint density at radius 1 is 1.30 bits per heavy atom. The smallest absolute Gasteiger partial charge is 0.243 e. The van der Waals surface area contributed by atoms with Gasteiger partial charge in [0, 0.05) is 25.8 Å². The summed E-state index contributed by atoms with van der Waals surface area (Å²) in [6, 6.07) is 4.13. The first-order valence-electron chi connectivity index (χ1n) is 5.99. The van der Waals surface area contributed by atoms with Crippen LogP contribution in [-0.4, -0.2) is 38.7 Å². The maximum Gasteiger partial charge on any atom is 0.243 e. The summed E-state index contributed by atoms with van der Waals surface area (Å²) in [5.41, 5.74) is 6.66. The van der Waals surface area contributed by atoms with Gasteiger partial charge < -0.3 is 25.8 Å². The summed E-state index contributed by atoms with van der Waals surface area (Å²) >= 11 is 0. The van der Waals surface area contributed by atoms with Gasteiger partial charge in [0.05, 0.1) is 19.4 Å². The third-order valence-electron chi connectivity index (χ3n) is 2.46. The average molecular weight is 281 g/mol. The third-order valence-corrected chi connectivity index (χ3v) is 2.46. The fourth-order valence-corrected chi connectivity index (χ4v) is 1.55. The monoisotopic (exact) mass is 281 g/mol. The van der Waals surface area contributed by atoms with E-state index in [0.29, 0.717) is 17.1 Å². The molecular formula is C13H19N3O4. The molecule has 110 valence electrons. The summed E-state index contributed by atoms with van der Waals surface area (Å²) in [6.07, 6.45) is 0. The number of hydrogen-bond donors (Lipinski definition) is 3. The molecule has 0 aliphatic heterocycles. The minimum atomic E-state index is -0.749. The van der Waals surface area contributed by atoms with E-state index in [1.807, 2.05) is 0 Å². The van der Waals surface area contributed by atoms with E-state index in [9.17, 15) is 9.59 Å². The van der Waals surface area contributed by atoms with Gasteiger partial charge in [0.15, 0.2) is 0 Å². The van der Waals surface area contributed by atoms with Gasteiger partial charge in [0.25, 0.3) is 0 Å². The van der Waals surface area contributed by atoms with E-state index in [4.69, 9.17) is 15.2 Å². The van der Waals surface area contributed by atoms with Gasteiger partial charge >= 0.3 is 0 Å². The molecule has 0 aromatic heterocycles. The highest BCUT2D eigenvalue weighted by molar-refractivity contribution is 5.96. The van der Waals surface area contributed by atoms with Crippen LogP contribution >= 0.6 is 0 Å². The van der Waals surface area contributed by atoms with Crippen molar-refractivity contribution in [2.75, 3.05) is 31.5 Å². The van der Waals surface area contributed by atoms with Gasteiger partial charge in [-0.1, -0.05) is 0 Å². The maximum atomic E-state index is 11.7. The molecule has 0 radical (unpaired) electrons. The minimum absolute atomic E-state index is 0.132. The lowest BCUT2D eigenvalue weighted by Crippen LogP contribution is -2.39. The Bertz CT molecular complexity index is 491. The SMILES string of the molecule is COCC(N)C(=O)Nc1ccc(NC(C)=O)c(OC)c1. The van der Waals surface area contributed by atoms with Crippen molar-refractivity contribution in [2.45, 2.75) is 13.0 Å². The van der Waals surface area contributed by atoms with Crippen molar-refractivity contribution in [3.63, 3.8) is 0 Å². The van der Waals surface area contributed by atoms with Crippen LogP contribution in [-0.2, 0) is 14.3 Å². The van der Waals surface area contributed by atoms with E-state index < -0.39 is 6.04 Å². The number of rotatable bonds is 6. The molecule has 20 heavy (non-hydrogen) atoms. The molecular weight excluding hydrogens is 262 g/mol. The summed E-state index contributed by atoms with van der Waals surface area (Å²) in [6.45, 7) is 1.53. The second kappa shape index (κ2) is 7.46. The van der Waals surface area contributed by atoms with Crippen LogP contribution in [0.2, 0.25) is 0 Å². The van der Waals surface area contributed by atoms with Gasteiger partial charge in [0.2, 0.25) is 11.8 Å². The molecule has 1 atom stereocenters. The van der Waals surface area contributed by atoms with Crippen LogP contribution in [0, 0.1) is 0 Å². The van der Waals surface area contributed by atoms with Gasteiger partial charge in [-0.3, -0.25) is 9.59 Å². The number of amides is 2. The highest BCUT2D eigenvalue weighted by atomic mass is 16.5. The predicted octanol–water partition coefficient (Wildman–Crippen LogP) is 0.566. The topological polar surface area (TPSA) is 103 Å². The number of nitrogens with two attached hydrogens (primary N) is 1. The lowest BCUT2D eigenvalue weighted by molar-refractivity contribution is -0.118. The van der Waals surface area contributed by atoms with Gasteiger partial charge in [-0.25, -0.2) is 0 Å². The Labute approximate surface area is 117 Å². The zero-order chi connectivity index (χ0) is 15.1. The summed E-state index contributed by atoms with van der Waals surface area (Å²) < 4.78 is 9.97. The summed E-state index contributed by atoms with van der Waals surface area (Å²) in [4.78, 5) is 22.8. The average Bonchev–Trinajstić information content (AvgIpc) is 2.40. The highest BCUT2D eigenvalue weighted by Crippen LogP contribution is 2.27. The minimum Gasteiger partial charge on any atom is -0.494 e. The van der Waals surface area contributed by atoms with E-state index in [0.717, 1.165) is 0 Å². The van der Waals surface area contributed by atoms with E-state index in [2.05, 4.69) is 10.6 Å². The summed E-state index contributed by atoms with van der Waals surface area (Å²) in [5, 5.41) is 5.27. The number of carbonyl (C=O) groups is 2. The number of nitrogens with one attached hydrogen (secondary N) is 2. The van der Waals surface area contributed by atoms with Gasteiger partial charge in [0.1, 0.15) is 11.8 Å². The van der Waals surface area contributed by atoms with Crippen molar-refractivity contribution in [3.8, 4) is 5.75 Å². The van der Waals surface area contributed by atoms with Crippen molar-refractivity contribution >= 4 is 23.2 Å². The molecule has 0 aliphatic rings. The van der Waals surface area contributed by atoms with Crippen LogP contribution < -0.4 is 21.1 Å². The van der Waals surface area contributed by atoms with Crippen LogP contribution in [0.25, 0.3) is 0 Å². The number of ether oxygens (including phenoxy) is 2. The number of benzene rings is 1. The molecule has 1 rings (SSSR count). The number of anilines is 2. The van der Waals surface area contributed by atoms with E-state index in [1.165, 1.54) is 21.1 Å². The van der Waals surface area contributed by atoms with Crippen molar-refractivity contribution in [2.24, 2.45) is 5.73 Å². The molecule has 0 bridgehead atoms. The zero-order valence-electron chi connectivity index (χ0n) is 11.7. The second-order valence-corrected chi connectivity index (χ2v) is 4.15. The molecule has 1 unspecified atom stereocenters. The van der Waals surface area contributed by atoms with Gasteiger partial charge in [-0.05, 0) is 12.1 Å². The Balaban J connectivity index is 2.82. The fourth-order valence-electron chi connectivity index (χ4n) is 1.55. The predicted molar refractivity (Wildman–Crippen MR) is 75.8 cm³/mol. The summed E-state index contributed by atoms with van der Waals surface area (Å²) in [5.74, 6) is -0.123. The molecule has 7 nitrogen and oxygen atoms in total. The summed E-state index contributed by atoms with van der Waals surface area (Å²) in [7, 11) is 2.95. The van der Waals surface area contributed by atoms with Crippen molar-refractivity contribution < 1.29 is 19.1 Å². The Morgan fingerprint density at radius 2 is 2.00 bits per heavy atom.